The Bertz CT molecular complexity index is 392. The van der Waals surface area contributed by atoms with Crippen LogP contribution in [0, 0.1) is 17.8 Å². The summed E-state index contributed by atoms with van der Waals surface area (Å²) in [6.45, 7) is 2.39. The van der Waals surface area contributed by atoms with Crippen LogP contribution in [0.2, 0.25) is 0 Å². The van der Waals surface area contributed by atoms with Crippen molar-refractivity contribution in [3.05, 3.63) is 0 Å². The van der Waals surface area contributed by atoms with Crippen LogP contribution in [-0.4, -0.2) is 36.3 Å². The van der Waals surface area contributed by atoms with E-state index in [9.17, 15) is 9.59 Å². The highest BCUT2D eigenvalue weighted by Crippen LogP contribution is 2.32. The van der Waals surface area contributed by atoms with E-state index >= 15 is 0 Å². The molecule has 2 saturated carbocycles. The van der Waals surface area contributed by atoms with Crippen LogP contribution < -0.4 is 5.32 Å². The molecule has 1 heterocycles. The molecule has 3 fully saturated rings. The van der Waals surface area contributed by atoms with Crippen molar-refractivity contribution >= 4 is 11.8 Å². The summed E-state index contributed by atoms with van der Waals surface area (Å²) in [5.41, 5.74) is 0. The van der Waals surface area contributed by atoms with Gasteiger partial charge in [-0.25, -0.2) is 0 Å². The molecule has 124 valence electrons. The summed E-state index contributed by atoms with van der Waals surface area (Å²) >= 11 is 0. The van der Waals surface area contributed by atoms with Crippen molar-refractivity contribution < 1.29 is 9.59 Å². The lowest BCUT2D eigenvalue weighted by Crippen LogP contribution is -2.43. The van der Waals surface area contributed by atoms with Crippen LogP contribution in [-0.2, 0) is 9.59 Å². The second kappa shape index (κ2) is 7.47. The largest absolute Gasteiger partial charge is 0.356 e. The van der Waals surface area contributed by atoms with Crippen molar-refractivity contribution in [2.75, 3.05) is 19.6 Å². The Morgan fingerprint density at radius 3 is 2.18 bits per heavy atom. The molecule has 0 atom stereocenters. The van der Waals surface area contributed by atoms with Crippen LogP contribution in [0.25, 0.3) is 0 Å². The molecule has 0 spiro atoms. The average molecular weight is 306 g/mol. The van der Waals surface area contributed by atoms with Crippen molar-refractivity contribution in [1.82, 2.24) is 10.2 Å². The van der Waals surface area contributed by atoms with Crippen molar-refractivity contribution in [2.24, 2.45) is 17.8 Å². The molecule has 4 heteroatoms. The molecule has 0 radical (unpaired) electrons. The monoisotopic (exact) mass is 306 g/mol. The molecule has 1 aliphatic heterocycles. The SMILES string of the molecule is O=C(NCCC1CCCCC1)C1CCN(C(=O)C2CC2)CC1. The Balaban J connectivity index is 1.32. The molecule has 1 saturated heterocycles. The quantitative estimate of drug-likeness (QED) is 0.849. The molecule has 0 aromatic heterocycles. The maximum Gasteiger partial charge on any atom is 0.225 e. The van der Waals surface area contributed by atoms with Crippen LogP contribution in [0.1, 0.15) is 64.2 Å². The Hall–Kier alpha value is -1.06. The molecule has 0 aromatic rings. The molecule has 2 aliphatic carbocycles. The highest BCUT2D eigenvalue weighted by Gasteiger charge is 2.35. The van der Waals surface area contributed by atoms with E-state index in [4.69, 9.17) is 0 Å². The first-order chi connectivity index (χ1) is 10.7. The van der Waals surface area contributed by atoms with E-state index < -0.39 is 0 Å². The number of nitrogens with one attached hydrogen (secondary N) is 1. The molecular weight excluding hydrogens is 276 g/mol. The van der Waals surface area contributed by atoms with E-state index in [0.717, 1.165) is 57.7 Å². The predicted octanol–water partition coefficient (Wildman–Crippen LogP) is 2.72. The minimum absolute atomic E-state index is 0.120. The van der Waals surface area contributed by atoms with E-state index in [2.05, 4.69) is 5.32 Å². The van der Waals surface area contributed by atoms with E-state index in [0.29, 0.717) is 11.8 Å². The number of hydrogen-bond acceptors (Lipinski definition) is 2. The summed E-state index contributed by atoms with van der Waals surface area (Å²) in [7, 11) is 0. The number of carbonyl (C=O) groups is 2. The first-order valence-electron chi connectivity index (χ1n) is 9.30. The average Bonchev–Trinajstić information content (AvgIpc) is 3.40. The first-order valence-corrected chi connectivity index (χ1v) is 9.30. The van der Waals surface area contributed by atoms with Crippen molar-refractivity contribution in [3.63, 3.8) is 0 Å². The van der Waals surface area contributed by atoms with Gasteiger partial charge >= 0.3 is 0 Å². The van der Waals surface area contributed by atoms with Gasteiger partial charge in [0.2, 0.25) is 11.8 Å². The number of likely N-dealkylation sites (tertiary alicyclic amines) is 1. The Kier molecular flexibility index (Phi) is 5.37. The Labute approximate surface area is 134 Å². The number of rotatable bonds is 5. The molecule has 3 rings (SSSR count). The molecule has 3 aliphatic rings. The van der Waals surface area contributed by atoms with Crippen LogP contribution >= 0.6 is 0 Å². The zero-order valence-corrected chi connectivity index (χ0v) is 13.7. The normalized spacial score (nSPS) is 24.3. The summed E-state index contributed by atoms with van der Waals surface area (Å²) < 4.78 is 0. The smallest absolute Gasteiger partial charge is 0.225 e. The van der Waals surface area contributed by atoms with Crippen LogP contribution in [0.15, 0.2) is 0 Å². The predicted molar refractivity (Wildman–Crippen MR) is 86.2 cm³/mol. The third-order valence-electron chi connectivity index (χ3n) is 5.68. The number of nitrogens with zero attached hydrogens (tertiary/aromatic N) is 1. The highest BCUT2D eigenvalue weighted by molar-refractivity contribution is 5.82. The van der Waals surface area contributed by atoms with Gasteiger partial charge in [0.25, 0.3) is 0 Å². The number of piperidine rings is 1. The van der Waals surface area contributed by atoms with Crippen LogP contribution in [0.4, 0.5) is 0 Å². The van der Waals surface area contributed by atoms with E-state index in [1.54, 1.807) is 0 Å². The second-order valence-electron chi connectivity index (χ2n) is 7.46. The summed E-state index contributed by atoms with van der Waals surface area (Å²) in [5.74, 6) is 1.80. The van der Waals surface area contributed by atoms with Gasteiger partial charge in [-0.1, -0.05) is 32.1 Å². The first kappa shape index (κ1) is 15.8. The lowest BCUT2D eigenvalue weighted by Gasteiger charge is -2.31. The van der Waals surface area contributed by atoms with Gasteiger partial charge in [0.05, 0.1) is 0 Å². The molecule has 1 N–H and O–H groups in total. The lowest BCUT2D eigenvalue weighted by atomic mass is 9.87. The molecule has 0 unspecified atom stereocenters. The van der Waals surface area contributed by atoms with E-state index in [-0.39, 0.29) is 11.8 Å². The maximum atomic E-state index is 12.2. The standard InChI is InChI=1S/C18H30N2O2/c21-17(19-11-8-14-4-2-1-3-5-14)15-9-12-20(13-10-15)18(22)16-6-7-16/h14-16H,1-13H2,(H,19,21). The van der Waals surface area contributed by atoms with Crippen molar-refractivity contribution in [2.45, 2.75) is 64.2 Å². The molecule has 0 aromatic carbocycles. The molecular formula is C18H30N2O2. The van der Waals surface area contributed by atoms with Gasteiger partial charge < -0.3 is 10.2 Å². The molecule has 4 nitrogen and oxygen atoms in total. The van der Waals surface area contributed by atoms with Gasteiger partial charge in [-0.2, -0.15) is 0 Å². The van der Waals surface area contributed by atoms with Crippen LogP contribution in [0.5, 0.6) is 0 Å². The number of amides is 2. The minimum Gasteiger partial charge on any atom is -0.356 e. The summed E-state index contributed by atoms with van der Waals surface area (Å²) in [5, 5.41) is 3.14. The Morgan fingerprint density at radius 1 is 0.864 bits per heavy atom. The fraction of sp³-hybridized carbons (Fsp3) is 0.889. The summed E-state index contributed by atoms with van der Waals surface area (Å²) in [4.78, 5) is 26.2. The third-order valence-corrected chi connectivity index (χ3v) is 5.68. The zero-order valence-electron chi connectivity index (χ0n) is 13.7. The van der Waals surface area contributed by atoms with Crippen molar-refractivity contribution in [3.8, 4) is 0 Å². The summed E-state index contributed by atoms with van der Waals surface area (Å²) in [6, 6.07) is 0. The topological polar surface area (TPSA) is 49.4 Å². The van der Waals surface area contributed by atoms with Crippen LogP contribution in [0.3, 0.4) is 0 Å². The van der Waals surface area contributed by atoms with Gasteiger partial charge in [0, 0.05) is 31.5 Å². The van der Waals surface area contributed by atoms with Gasteiger partial charge in [-0.3, -0.25) is 9.59 Å². The van der Waals surface area contributed by atoms with Crippen molar-refractivity contribution in [1.29, 1.82) is 0 Å². The number of carbonyl (C=O) groups excluding carboxylic acids is 2. The zero-order chi connectivity index (χ0) is 15.4. The van der Waals surface area contributed by atoms with Gasteiger partial charge in [-0.15, -0.1) is 0 Å². The summed E-state index contributed by atoms with van der Waals surface area (Å²) in [6.07, 6.45) is 11.8. The highest BCUT2D eigenvalue weighted by atomic mass is 16.2. The number of hydrogen-bond donors (Lipinski definition) is 1. The third kappa shape index (κ3) is 4.23. The van der Waals surface area contributed by atoms with Gasteiger partial charge in [0.15, 0.2) is 0 Å². The fourth-order valence-electron chi connectivity index (χ4n) is 3.97. The molecule has 22 heavy (non-hydrogen) atoms. The minimum atomic E-state index is 0.120. The Morgan fingerprint density at radius 2 is 1.55 bits per heavy atom. The van der Waals surface area contributed by atoms with E-state index in [1.807, 2.05) is 4.90 Å². The van der Waals surface area contributed by atoms with Gasteiger partial charge in [0.1, 0.15) is 0 Å². The lowest BCUT2D eigenvalue weighted by molar-refractivity contribution is -0.136. The van der Waals surface area contributed by atoms with Gasteiger partial charge in [-0.05, 0) is 38.0 Å². The maximum absolute atomic E-state index is 12.2. The second-order valence-corrected chi connectivity index (χ2v) is 7.46. The molecule has 2 amide bonds. The van der Waals surface area contributed by atoms with E-state index in [1.165, 1.54) is 32.1 Å². The molecule has 0 bridgehead atoms. The fourth-order valence-corrected chi connectivity index (χ4v) is 3.97.